The van der Waals surface area contributed by atoms with Crippen LogP contribution in [0.5, 0.6) is 0 Å². The summed E-state index contributed by atoms with van der Waals surface area (Å²) in [6.45, 7) is 5.04. The average molecular weight is 258 g/mol. The maximum atomic E-state index is 4.55. The van der Waals surface area contributed by atoms with Gasteiger partial charge in [-0.2, -0.15) is 5.10 Å². The highest BCUT2D eigenvalue weighted by Crippen LogP contribution is 2.28. The Labute approximate surface area is 109 Å². The van der Waals surface area contributed by atoms with E-state index in [2.05, 4.69) is 47.4 Å². The molecule has 2 aromatic heterocycles. The lowest BCUT2D eigenvalue weighted by Gasteiger charge is -1.95. The quantitative estimate of drug-likeness (QED) is 0.781. The van der Waals surface area contributed by atoms with Gasteiger partial charge in [0, 0.05) is 12.7 Å². The molecular formula is C13H14N4S. The average Bonchev–Trinajstić information content (AvgIpc) is 2.95. The third-order valence-electron chi connectivity index (χ3n) is 2.75. The van der Waals surface area contributed by atoms with Crippen molar-refractivity contribution in [2.45, 2.75) is 20.4 Å². The Hall–Kier alpha value is -1.88. The van der Waals surface area contributed by atoms with Gasteiger partial charge in [0.1, 0.15) is 0 Å². The first kappa shape index (κ1) is 11.2. The van der Waals surface area contributed by atoms with Gasteiger partial charge in [0.15, 0.2) is 5.13 Å². The van der Waals surface area contributed by atoms with Gasteiger partial charge < -0.3 is 5.32 Å². The van der Waals surface area contributed by atoms with Gasteiger partial charge >= 0.3 is 0 Å². The Morgan fingerprint density at radius 2 is 2.28 bits per heavy atom. The van der Waals surface area contributed by atoms with Gasteiger partial charge in [-0.1, -0.05) is 17.4 Å². The lowest BCUT2D eigenvalue weighted by molar-refractivity contribution is 0.660. The van der Waals surface area contributed by atoms with Crippen LogP contribution in [0.4, 0.5) is 10.8 Å². The minimum Gasteiger partial charge on any atom is -0.329 e. The van der Waals surface area contributed by atoms with E-state index in [1.165, 1.54) is 10.3 Å². The molecule has 0 radical (unpaired) electrons. The molecule has 3 aromatic rings. The standard InChI is InChI=1S/C13H14N4S/c1-3-17-8-10(7-14-17)15-13-16-11-5-4-9(2)6-12(11)18-13/h4-8H,3H2,1-2H3,(H,15,16). The molecule has 0 bridgehead atoms. The maximum Gasteiger partial charge on any atom is 0.188 e. The summed E-state index contributed by atoms with van der Waals surface area (Å²) >= 11 is 1.66. The molecule has 0 unspecified atom stereocenters. The number of nitrogens with zero attached hydrogens (tertiary/aromatic N) is 3. The fourth-order valence-corrected chi connectivity index (χ4v) is 2.79. The predicted molar refractivity (Wildman–Crippen MR) is 75.5 cm³/mol. The SMILES string of the molecule is CCn1cc(Nc2nc3ccc(C)cc3s2)cn1. The molecule has 2 heterocycles. The van der Waals surface area contributed by atoms with Crippen LogP contribution >= 0.6 is 11.3 Å². The molecule has 0 atom stereocenters. The molecule has 3 rings (SSSR count). The minimum atomic E-state index is 0.876. The Morgan fingerprint density at radius 3 is 3.06 bits per heavy atom. The molecule has 4 nitrogen and oxygen atoms in total. The molecule has 1 aromatic carbocycles. The Bertz CT molecular complexity index is 683. The first-order valence-electron chi connectivity index (χ1n) is 5.91. The number of aromatic nitrogens is 3. The summed E-state index contributed by atoms with van der Waals surface area (Å²) in [5, 5.41) is 8.43. The number of nitrogens with one attached hydrogen (secondary N) is 1. The predicted octanol–water partition coefficient (Wildman–Crippen LogP) is 3.56. The van der Waals surface area contributed by atoms with Crippen molar-refractivity contribution in [1.82, 2.24) is 14.8 Å². The van der Waals surface area contributed by atoms with Gasteiger partial charge in [-0.05, 0) is 31.5 Å². The van der Waals surface area contributed by atoms with E-state index in [1.807, 2.05) is 17.1 Å². The van der Waals surface area contributed by atoms with Crippen LogP contribution in [0, 0.1) is 6.92 Å². The first-order chi connectivity index (χ1) is 8.74. The summed E-state index contributed by atoms with van der Waals surface area (Å²) in [6.07, 6.45) is 3.80. The largest absolute Gasteiger partial charge is 0.329 e. The molecule has 92 valence electrons. The summed E-state index contributed by atoms with van der Waals surface area (Å²) in [6, 6.07) is 6.30. The van der Waals surface area contributed by atoms with Crippen molar-refractivity contribution >= 4 is 32.4 Å². The van der Waals surface area contributed by atoms with Crippen LogP contribution in [0.15, 0.2) is 30.6 Å². The third kappa shape index (κ3) is 2.09. The molecule has 1 N–H and O–H groups in total. The smallest absolute Gasteiger partial charge is 0.188 e. The number of thiazole rings is 1. The third-order valence-corrected chi connectivity index (χ3v) is 3.69. The van der Waals surface area contributed by atoms with Crippen molar-refractivity contribution in [2.75, 3.05) is 5.32 Å². The molecule has 0 aliphatic heterocycles. The molecule has 0 saturated heterocycles. The zero-order valence-corrected chi connectivity index (χ0v) is 11.2. The number of aryl methyl sites for hydroxylation is 2. The highest BCUT2D eigenvalue weighted by molar-refractivity contribution is 7.22. The van der Waals surface area contributed by atoms with E-state index in [0.29, 0.717) is 0 Å². The van der Waals surface area contributed by atoms with Crippen molar-refractivity contribution in [3.05, 3.63) is 36.2 Å². The second kappa shape index (κ2) is 4.42. The second-order valence-electron chi connectivity index (χ2n) is 4.20. The van der Waals surface area contributed by atoms with E-state index >= 15 is 0 Å². The van der Waals surface area contributed by atoms with Crippen LogP contribution in [0.3, 0.4) is 0 Å². The van der Waals surface area contributed by atoms with Gasteiger partial charge in [-0.3, -0.25) is 4.68 Å². The highest BCUT2D eigenvalue weighted by Gasteiger charge is 2.05. The van der Waals surface area contributed by atoms with Gasteiger partial charge in [0.25, 0.3) is 0 Å². The summed E-state index contributed by atoms with van der Waals surface area (Å²) in [4.78, 5) is 4.55. The molecule has 5 heteroatoms. The van der Waals surface area contributed by atoms with Gasteiger partial charge in [0.05, 0.1) is 22.1 Å². The van der Waals surface area contributed by atoms with Crippen molar-refractivity contribution in [2.24, 2.45) is 0 Å². The summed E-state index contributed by atoms with van der Waals surface area (Å²) < 4.78 is 3.10. The Morgan fingerprint density at radius 1 is 1.39 bits per heavy atom. The van der Waals surface area contributed by atoms with Gasteiger partial charge in [-0.25, -0.2) is 4.98 Å². The second-order valence-corrected chi connectivity index (χ2v) is 5.23. The van der Waals surface area contributed by atoms with Crippen LogP contribution < -0.4 is 5.32 Å². The molecule has 0 aliphatic rings. The van der Waals surface area contributed by atoms with Crippen molar-refractivity contribution in [1.29, 1.82) is 0 Å². The first-order valence-corrected chi connectivity index (χ1v) is 6.73. The molecule has 0 aliphatic carbocycles. The molecule has 0 fully saturated rings. The molecule has 18 heavy (non-hydrogen) atoms. The summed E-state index contributed by atoms with van der Waals surface area (Å²) in [5.41, 5.74) is 3.28. The molecule has 0 spiro atoms. The number of fused-ring (bicyclic) bond motifs is 1. The zero-order valence-electron chi connectivity index (χ0n) is 10.3. The van der Waals surface area contributed by atoms with Crippen LogP contribution in [0.2, 0.25) is 0 Å². The number of benzene rings is 1. The fraction of sp³-hybridized carbons (Fsp3) is 0.231. The normalized spacial score (nSPS) is 11.0. The lowest BCUT2D eigenvalue weighted by Crippen LogP contribution is -1.92. The van der Waals surface area contributed by atoms with E-state index in [4.69, 9.17) is 0 Å². The van der Waals surface area contributed by atoms with Gasteiger partial charge in [-0.15, -0.1) is 0 Å². The van der Waals surface area contributed by atoms with Gasteiger partial charge in [0.2, 0.25) is 0 Å². The minimum absolute atomic E-state index is 0.876. The zero-order chi connectivity index (χ0) is 12.5. The monoisotopic (exact) mass is 258 g/mol. The van der Waals surface area contributed by atoms with E-state index in [1.54, 1.807) is 11.3 Å². The van der Waals surface area contributed by atoms with E-state index < -0.39 is 0 Å². The van der Waals surface area contributed by atoms with Crippen LogP contribution in [-0.2, 0) is 6.54 Å². The summed E-state index contributed by atoms with van der Waals surface area (Å²) in [7, 11) is 0. The summed E-state index contributed by atoms with van der Waals surface area (Å²) in [5.74, 6) is 0. The Kier molecular flexibility index (Phi) is 2.76. The van der Waals surface area contributed by atoms with Crippen molar-refractivity contribution < 1.29 is 0 Å². The van der Waals surface area contributed by atoms with Crippen molar-refractivity contribution in [3.63, 3.8) is 0 Å². The van der Waals surface area contributed by atoms with Crippen LogP contribution in [0.25, 0.3) is 10.2 Å². The molecular weight excluding hydrogens is 244 g/mol. The number of rotatable bonds is 3. The van der Waals surface area contributed by atoms with E-state index in [9.17, 15) is 0 Å². The molecule has 0 saturated carbocycles. The van der Waals surface area contributed by atoms with Crippen molar-refractivity contribution in [3.8, 4) is 0 Å². The van der Waals surface area contributed by atoms with E-state index in [0.717, 1.165) is 22.9 Å². The van der Waals surface area contributed by atoms with Crippen LogP contribution in [-0.4, -0.2) is 14.8 Å². The molecule has 0 amide bonds. The number of hydrogen-bond acceptors (Lipinski definition) is 4. The van der Waals surface area contributed by atoms with E-state index in [-0.39, 0.29) is 0 Å². The number of hydrogen-bond donors (Lipinski definition) is 1. The van der Waals surface area contributed by atoms with Crippen LogP contribution in [0.1, 0.15) is 12.5 Å². The fourth-order valence-electron chi connectivity index (χ4n) is 1.81. The number of anilines is 2. The Balaban J connectivity index is 1.90. The highest BCUT2D eigenvalue weighted by atomic mass is 32.1. The topological polar surface area (TPSA) is 42.7 Å². The lowest BCUT2D eigenvalue weighted by atomic mass is 10.2. The maximum absolute atomic E-state index is 4.55.